The first-order chi connectivity index (χ1) is 11.7. The second-order valence-electron chi connectivity index (χ2n) is 5.74. The molecule has 1 N–H and O–H groups in total. The second-order valence-corrected chi connectivity index (χ2v) is 5.74. The van der Waals surface area contributed by atoms with Crippen LogP contribution in [0.1, 0.15) is 11.1 Å². The van der Waals surface area contributed by atoms with Crippen LogP contribution in [-0.2, 0) is 27.3 Å². The highest BCUT2D eigenvalue weighted by Gasteiger charge is 2.38. The van der Waals surface area contributed by atoms with E-state index in [2.05, 4.69) is 5.32 Å². The third kappa shape index (κ3) is 4.13. The highest BCUT2D eigenvalue weighted by molar-refractivity contribution is 5.77. The maximum absolute atomic E-state index is 12.0. The molecule has 2 atom stereocenters. The van der Waals surface area contributed by atoms with E-state index in [9.17, 15) is 9.59 Å². The molecule has 0 bridgehead atoms. The number of alkyl carbamates (subject to hydrolysis) is 1. The lowest BCUT2D eigenvalue weighted by atomic mass is 9.94. The van der Waals surface area contributed by atoms with Crippen LogP contribution in [0.25, 0.3) is 0 Å². The van der Waals surface area contributed by atoms with Gasteiger partial charge in [-0.2, -0.15) is 0 Å². The summed E-state index contributed by atoms with van der Waals surface area (Å²) in [4.78, 5) is 23.9. The molecule has 2 aromatic rings. The van der Waals surface area contributed by atoms with Crippen molar-refractivity contribution in [3.05, 3.63) is 71.8 Å². The third-order valence-electron chi connectivity index (χ3n) is 4.01. The number of cyclic esters (lactones) is 1. The van der Waals surface area contributed by atoms with Gasteiger partial charge in [0.1, 0.15) is 13.2 Å². The fourth-order valence-electron chi connectivity index (χ4n) is 2.71. The second kappa shape index (κ2) is 7.64. The quantitative estimate of drug-likeness (QED) is 0.859. The molecule has 0 spiro atoms. The maximum Gasteiger partial charge on any atom is 0.407 e. The number of hydrogen-bond acceptors (Lipinski definition) is 4. The van der Waals surface area contributed by atoms with Crippen molar-refractivity contribution in [2.75, 3.05) is 6.61 Å². The van der Waals surface area contributed by atoms with Crippen LogP contribution >= 0.6 is 0 Å². The maximum atomic E-state index is 12.0. The predicted molar refractivity (Wildman–Crippen MR) is 88.1 cm³/mol. The first-order valence-electron chi connectivity index (χ1n) is 7.90. The Morgan fingerprint density at radius 2 is 1.67 bits per heavy atom. The SMILES string of the molecule is O=C(N[C@@H]1COC(=O)[C@H]1Cc1ccccc1)OCc1ccccc1. The first-order valence-corrected chi connectivity index (χ1v) is 7.90. The van der Waals surface area contributed by atoms with Gasteiger partial charge in [0.05, 0.1) is 12.0 Å². The summed E-state index contributed by atoms with van der Waals surface area (Å²) in [5.74, 6) is -0.677. The number of rotatable bonds is 5. The summed E-state index contributed by atoms with van der Waals surface area (Å²) in [5, 5.41) is 2.74. The van der Waals surface area contributed by atoms with Crippen LogP contribution in [-0.4, -0.2) is 24.7 Å². The fourth-order valence-corrected chi connectivity index (χ4v) is 2.71. The van der Waals surface area contributed by atoms with E-state index in [1.807, 2.05) is 60.7 Å². The van der Waals surface area contributed by atoms with Crippen LogP contribution in [0, 0.1) is 5.92 Å². The van der Waals surface area contributed by atoms with Gasteiger partial charge in [-0.25, -0.2) is 4.79 Å². The van der Waals surface area contributed by atoms with Gasteiger partial charge in [0.15, 0.2) is 0 Å². The van der Waals surface area contributed by atoms with E-state index >= 15 is 0 Å². The average Bonchev–Trinajstić information content (AvgIpc) is 2.95. The lowest BCUT2D eigenvalue weighted by Crippen LogP contribution is -2.41. The van der Waals surface area contributed by atoms with Crippen molar-refractivity contribution in [1.82, 2.24) is 5.32 Å². The number of carbonyl (C=O) groups excluding carboxylic acids is 2. The third-order valence-corrected chi connectivity index (χ3v) is 4.01. The Labute approximate surface area is 140 Å². The van der Waals surface area contributed by atoms with Crippen molar-refractivity contribution >= 4 is 12.1 Å². The van der Waals surface area contributed by atoms with Gasteiger partial charge in [0.2, 0.25) is 0 Å². The molecule has 0 aliphatic carbocycles. The van der Waals surface area contributed by atoms with Crippen molar-refractivity contribution in [3.63, 3.8) is 0 Å². The van der Waals surface area contributed by atoms with Crippen molar-refractivity contribution in [2.24, 2.45) is 5.92 Å². The zero-order valence-corrected chi connectivity index (χ0v) is 13.2. The minimum Gasteiger partial charge on any atom is -0.463 e. The molecule has 0 saturated carbocycles. The van der Waals surface area contributed by atoms with Crippen molar-refractivity contribution in [1.29, 1.82) is 0 Å². The molecule has 1 heterocycles. The summed E-state index contributed by atoms with van der Waals surface area (Å²) in [6.45, 7) is 0.369. The molecular weight excluding hydrogens is 306 g/mol. The molecule has 1 saturated heterocycles. The molecule has 0 unspecified atom stereocenters. The Kier molecular flexibility index (Phi) is 5.11. The molecule has 1 amide bonds. The number of benzene rings is 2. The van der Waals surface area contributed by atoms with E-state index in [1.165, 1.54) is 0 Å². The van der Waals surface area contributed by atoms with Crippen molar-refractivity contribution in [3.8, 4) is 0 Å². The lowest BCUT2D eigenvalue weighted by molar-refractivity contribution is -0.141. The largest absolute Gasteiger partial charge is 0.463 e. The van der Waals surface area contributed by atoms with E-state index in [4.69, 9.17) is 9.47 Å². The summed E-state index contributed by atoms with van der Waals surface area (Å²) >= 11 is 0. The molecular formula is C19H19NO4. The van der Waals surface area contributed by atoms with Gasteiger partial charge in [-0.3, -0.25) is 4.79 Å². The van der Waals surface area contributed by atoms with E-state index in [-0.39, 0.29) is 25.2 Å². The number of amides is 1. The van der Waals surface area contributed by atoms with E-state index in [0.29, 0.717) is 6.42 Å². The Bertz CT molecular complexity index is 687. The van der Waals surface area contributed by atoms with Gasteiger partial charge in [0, 0.05) is 0 Å². The Balaban J connectivity index is 1.55. The molecule has 24 heavy (non-hydrogen) atoms. The van der Waals surface area contributed by atoms with Gasteiger partial charge in [-0.1, -0.05) is 60.7 Å². The minimum atomic E-state index is -0.541. The van der Waals surface area contributed by atoms with Crippen LogP contribution in [0.3, 0.4) is 0 Å². The number of nitrogens with one attached hydrogen (secondary N) is 1. The van der Waals surface area contributed by atoms with Gasteiger partial charge in [-0.05, 0) is 17.5 Å². The smallest absolute Gasteiger partial charge is 0.407 e. The zero-order valence-electron chi connectivity index (χ0n) is 13.2. The molecule has 0 aromatic heterocycles. The highest BCUT2D eigenvalue weighted by atomic mass is 16.6. The van der Waals surface area contributed by atoms with Crippen molar-refractivity contribution in [2.45, 2.75) is 19.1 Å². The monoisotopic (exact) mass is 325 g/mol. The van der Waals surface area contributed by atoms with Crippen LogP contribution in [0.5, 0.6) is 0 Å². The fraction of sp³-hybridized carbons (Fsp3) is 0.263. The molecule has 0 radical (unpaired) electrons. The zero-order chi connectivity index (χ0) is 16.8. The van der Waals surface area contributed by atoms with Crippen molar-refractivity contribution < 1.29 is 19.1 Å². The molecule has 1 fully saturated rings. The minimum absolute atomic E-state index is 0.177. The summed E-state index contributed by atoms with van der Waals surface area (Å²) < 4.78 is 10.3. The van der Waals surface area contributed by atoms with Gasteiger partial charge < -0.3 is 14.8 Å². The van der Waals surface area contributed by atoms with E-state index < -0.39 is 12.0 Å². The Hall–Kier alpha value is -2.82. The summed E-state index contributed by atoms with van der Waals surface area (Å²) in [6.07, 6.45) is -0.0104. The summed E-state index contributed by atoms with van der Waals surface area (Å²) in [5.41, 5.74) is 1.94. The standard InChI is InChI=1S/C19H19NO4/c21-18-16(11-14-7-3-1-4-8-14)17(13-23-18)20-19(22)24-12-15-9-5-2-6-10-15/h1-10,16-17H,11-13H2,(H,20,22)/t16-,17+/m0/s1. The first kappa shape index (κ1) is 16.1. The average molecular weight is 325 g/mol. The highest BCUT2D eigenvalue weighted by Crippen LogP contribution is 2.20. The summed E-state index contributed by atoms with van der Waals surface area (Å²) in [6, 6.07) is 18.7. The van der Waals surface area contributed by atoms with Crippen LogP contribution < -0.4 is 5.32 Å². The number of esters is 1. The molecule has 5 nitrogen and oxygen atoms in total. The predicted octanol–water partition coefficient (Wildman–Crippen LogP) is 2.70. The lowest BCUT2D eigenvalue weighted by Gasteiger charge is -2.17. The van der Waals surface area contributed by atoms with Gasteiger partial charge in [0.25, 0.3) is 0 Å². The summed E-state index contributed by atoms with van der Waals surface area (Å²) in [7, 11) is 0. The topological polar surface area (TPSA) is 64.6 Å². The number of hydrogen-bond donors (Lipinski definition) is 1. The van der Waals surface area contributed by atoms with E-state index in [0.717, 1.165) is 11.1 Å². The molecule has 2 aromatic carbocycles. The van der Waals surface area contributed by atoms with Crippen LogP contribution in [0.15, 0.2) is 60.7 Å². The van der Waals surface area contributed by atoms with Gasteiger partial charge >= 0.3 is 12.1 Å². The number of carbonyl (C=O) groups is 2. The normalized spacial score (nSPS) is 19.6. The molecule has 3 rings (SSSR count). The molecule has 1 aliphatic heterocycles. The van der Waals surface area contributed by atoms with Crippen LogP contribution in [0.2, 0.25) is 0 Å². The molecule has 124 valence electrons. The molecule has 5 heteroatoms. The Morgan fingerprint density at radius 3 is 2.33 bits per heavy atom. The van der Waals surface area contributed by atoms with Crippen LogP contribution in [0.4, 0.5) is 4.79 Å². The Morgan fingerprint density at radius 1 is 1.04 bits per heavy atom. The van der Waals surface area contributed by atoms with Gasteiger partial charge in [-0.15, -0.1) is 0 Å². The van der Waals surface area contributed by atoms with E-state index in [1.54, 1.807) is 0 Å². The number of ether oxygens (including phenoxy) is 2. The molecule has 1 aliphatic rings.